The Kier molecular flexibility index (Phi) is 19.1. The normalized spacial score (nSPS) is 11.7. The summed E-state index contributed by atoms with van der Waals surface area (Å²) in [5.41, 5.74) is 14.5. The van der Waals surface area contributed by atoms with Gasteiger partial charge in [-0.15, -0.1) is 0 Å². The molecule has 46 heavy (non-hydrogen) atoms. The van der Waals surface area contributed by atoms with Gasteiger partial charge in [0, 0.05) is 16.0 Å². The third-order valence-corrected chi connectivity index (χ3v) is 14.7. The molecule has 0 saturated carbocycles. The van der Waals surface area contributed by atoms with E-state index in [1.165, 1.54) is 77.0 Å². The first-order valence-corrected chi connectivity index (χ1v) is 23.7. The van der Waals surface area contributed by atoms with Crippen molar-refractivity contribution in [1.29, 1.82) is 0 Å². The van der Waals surface area contributed by atoms with Gasteiger partial charge in [0.15, 0.2) is 0 Å². The predicted molar refractivity (Wildman–Crippen MR) is 216 cm³/mol. The maximum absolute atomic E-state index is 3.69. The number of hydrogen-bond donors (Lipinski definition) is 0. The topological polar surface area (TPSA) is 14.8 Å². The van der Waals surface area contributed by atoms with Gasteiger partial charge in [-0.1, -0.05) is 109 Å². The zero-order valence-electron chi connectivity index (χ0n) is 30.1. The summed E-state index contributed by atoms with van der Waals surface area (Å²) >= 11 is 9.08. The Balaban J connectivity index is 2.38. The molecule has 0 saturated heterocycles. The monoisotopic (exact) mass is 837 g/mol. The van der Waals surface area contributed by atoms with Gasteiger partial charge in [0.25, 0.3) is 0 Å². The van der Waals surface area contributed by atoms with Crippen LogP contribution in [-0.2, 0) is 57.8 Å². The van der Waals surface area contributed by atoms with Crippen LogP contribution in [0.25, 0.3) is 0 Å². The molecule has 0 amide bonds. The minimum atomic E-state index is -1.99. The maximum Gasteiger partial charge on any atom is 0.754 e. The van der Waals surface area contributed by atoms with Crippen LogP contribution in [0.3, 0.4) is 0 Å². The Hall–Kier alpha value is -0.188. The minimum absolute atomic E-state index is 1.11. The van der Waals surface area contributed by atoms with Gasteiger partial charge in [-0.2, -0.15) is 0 Å². The van der Waals surface area contributed by atoms with Gasteiger partial charge in [0.1, 0.15) is 0 Å². The van der Waals surface area contributed by atoms with E-state index in [0.717, 1.165) is 54.5 Å². The Morgan fingerprint density at radius 1 is 0.413 bits per heavy atom. The first-order chi connectivity index (χ1) is 22.5. The van der Waals surface area contributed by atoms with Crippen LogP contribution in [0.1, 0.15) is 150 Å². The number of hydrogen-bond acceptors (Lipinski definition) is 0. The molecule has 0 aliphatic carbocycles. The van der Waals surface area contributed by atoms with Crippen molar-refractivity contribution < 1.29 is 0 Å². The summed E-state index contributed by atoms with van der Waals surface area (Å²) in [6.07, 6.45) is 29.6. The number of rotatable bonds is 24. The number of unbranched alkanes of at least 4 members (excludes halogenated alkanes) is 6. The number of nitrogens with zero attached hydrogens (tertiary/aromatic N) is 3. The molecule has 0 aromatic carbocycles. The number of alkyl halides is 3. The smallest absolute Gasteiger partial charge is 0.405 e. The standard InChI is InChI=1S/3C13H21BrN.Al/c3*1-3-11-10-15-13(12(11)4-2)8-6-5-7-9-14;/h3*10H,3-9H2,1-2H3;/q3*-1;+3. The molecule has 3 nitrogen and oxygen atoms in total. The van der Waals surface area contributed by atoms with E-state index in [4.69, 9.17) is 0 Å². The van der Waals surface area contributed by atoms with Crippen LogP contribution < -0.4 is 0 Å². The summed E-state index contributed by atoms with van der Waals surface area (Å²) in [6.45, 7) is 14.3. The summed E-state index contributed by atoms with van der Waals surface area (Å²) in [5, 5.41) is 3.32. The van der Waals surface area contributed by atoms with Crippen molar-refractivity contribution in [3.63, 3.8) is 0 Å². The first kappa shape index (κ1) is 40.2. The highest BCUT2D eigenvalue weighted by Gasteiger charge is 2.39. The van der Waals surface area contributed by atoms with Gasteiger partial charge in [-0.25, -0.2) is 0 Å². The summed E-state index contributed by atoms with van der Waals surface area (Å²) in [5.74, 6) is 0. The molecule has 0 bridgehead atoms. The molecule has 7 heteroatoms. The molecule has 0 aliphatic heterocycles. The van der Waals surface area contributed by atoms with Gasteiger partial charge in [-0.3, -0.25) is 0 Å². The van der Waals surface area contributed by atoms with Gasteiger partial charge in [0.05, 0.1) is 0 Å². The van der Waals surface area contributed by atoms with E-state index in [1.54, 1.807) is 50.5 Å². The largest absolute Gasteiger partial charge is 0.754 e. The van der Waals surface area contributed by atoms with E-state index in [1.807, 2.05) is 0 Å². The highest BCUT2D eigenvalue weighted by Crippen LogP contribution is 2.30. The summed E-state index contributed by atoms with van der Waals surface area (Å²) in [7, 11) is 0. The molecule has 0 atom stereocenters. The van der Waals surface area contributed by atoms with Crippen molar-refractivity contribution in [1.82, 2.24) is 10.7 Å². The molecule has 0 fully saturated rings. The lowest BCUT2D eigenvalue weighted by molar-refractivity contribution is 0.684. The summed E-state index contributed by atoms with van der Waals surface area (Å²) in [4.78, 5) is 0. The van der Waals surface area contributed by atoms with Crippen molar-refractivity contribution in [2.45, 2.75) is 157 Å². The minimum Gasteiger partial charge on any atom is -0.405 e. The van der Waals surface area contributed by atoms with Gasteiger partial charge in [-0.05, 0) is 165 Å². The third-order valence-electron chi connectivity index (χ3n) is 10.1. The average molecular weight is 841 g/mol. The Morgan fingerprint density at radius 3 is 0.913 bits per heavy atom. The lowest BCUT2D eigenvalue weighted by atomic mass is 10.0. The quantitative estimate of drug-likeness (QED) is 0.0485. The molecule has 3 aromatic rings. The Morgan fingerprint density at radius 2 is 0.696 bits per heavy atom. The zero-order valence-corrected chi connectivity index (χ0v) is 36.0. The molecule has 3 heterocycles. The molecule has 258 valence electrons. The van der Waals surface area contributed by atoms with E-state index in [-0.39, 0.29) is 0 Å². The Labute approximate surface area is 313 Å². The summed E-state index contributed by atoms with van der Waals surface area (Å²) < 4.78 is 8.69. The predicted octanol–water partition coefficient (Wildman–Crippen LogP) is 11.7. The number of aryl methyl sites for hydroxylation is 3. The second-order valence-electron chi connectivity index (χ2n) is 12.9. The van der Waals surface area contributed by atoms with E-state index < -0.39 is 14.8 Å². The van der Waals surface area contributed by atoms with Crippen molar-refractivity contribution in [3.8, 4) is 0 Å². The van der Waals surface area contributed by atoms with E-state index in [0.29, 0.717) is 0 Å². The summed E-state index contributed by atoms with van der Waals surface area (Å²) in [6, 6.07) is 0. The second-order valence-corrected chi connectivity index (χ2v) is 17.7. The second kappa shape index (κ2) is 21.8. The average Bonchev–Trinajstić information content (AvgIpc) is 3.74. The molecular weight excluding hydrogens is 777 g/mol. The van der Waals surface area contributed by atoms with E-state index >= 15 is 0 Å². The third kappa shape index (κ3) is 9.96. The van der Waals surface area contributed by atoms with Crippen LogP contribution in [0.4, 0.5) is 0 Å². The number of aromatic nitrogens is 3. The molecule has 0 aliphatic rings. The van der Waals surface area contributed by atoms with Crippen LogP contribution >= 0.6 is 47.8 Å². The van der Waals surface area contributed by atoms with Crippen LogP contribution in [0, 0.1) is 0 Å². The lowest BCUT2D eigenvalue weighted by Gasteiger charge is -2.25. The lowest BCUT2D eigenvalue weighted by Crippen LogP contribution is -2.43. The fraction of sp³-hybridized carbons (Fsp3) is 0.692. The fourth-order valence-corrected chi connectivity index (χ4v) is 12.4. The van der Waals surface area contributed by atoms with Gasteiger partial charge in [0.2, 0.25) is 0 Å². The van der Waals surface area contributed by atoms with Crippen LogP contribution in [0.2, 0.25) is 0 Å². The highest BCUT2D eigenvalue weighted by atomic mass is 79.9. The molecule has 0 unspecified atom stereocenters. The van der Waals surface area contributed by atoms with Crippen LogP contribution in [0.5, 0.6) is 0 Å². The van der Waals surface area contributed by atoms with Crippen molar-refractivity contribution >= 4 is 62.6 Å². The van der Waals surface area contributed by atoms with Gasteiger partial charge < -0.3 is 10.7 Å². The molecule has 3 rings (SSSR count). The van der Waals surface area contributed by atoms with Gasteiger partial charge >= 0.3 is 14.8 Å². The molecular formula is C39H63AlBr3N3. The maximum atomic E-state index is 3.69. The molecule has 3 aromatic heterocycles. The molecule has 0 spiro atoms. The number of halogens is 3. The van der Waals surface area contributed by atoms with Crippen molar-refractivity contribution in [2.75, 3.05) is 16.0 Å². The van der Waals surface area contributed by atoms with Crippen molar-refractivity contribution in [2.24, 2.45) is 0 Å². The van der Waals surface area contributed by atoms with Crippen LogP contribution in [-0.4, -0.2) is 41.5 Å². The molecule has 0 radical (unpaired) electrons. The fourth-order valence-electron chi connectivity index (χ4n) is 7.75. The highest BCUT2D eigenvalue weighted by molar-refractivity contribution is 9.09. The van der Waals surface area contributed by atoms with Crippen LogP contribution in [0.15, 0.2) is 18.6 Å². The zero-order chi connectivity index (χ0) is 33.5. The van der Waals surface area contributed by atoms with E-state index in [9.17, 15) is 0 Å². The van der Waals surface area contributed by atoms with E-state index in [2.05, 4.69) is 119 Å². The molecule has 0 N–H and O–H groups in total. The first-order valence-electron chi connectivity index (χ1n) is 18.8. The Bertz CT molecular complexity index is 1150. The van der Waals surface area contributed by atoms with Crippen molar-refractivity contribution in [3.05, 3.63) is 69.1 Å². The SMILES string of the molecule is CCc1c[n]([Al]([n]2cc(CC)c(CC)c2CCCCCBr)[n]2cc(CC)c(CC)c2CCCCCBr)c(CCCCCBr)c1CC.